The van der Waals surface area contributed by atoms with Crippen molar-refractivity contribution in [3.05, 3.63) is 83.7 Å². The Labute approximate surface area is 169 Å². The Morgan fingerprint density at radius 1 is 1.14 bits per heavy atom. The van der Waals surface area contributed by atoms with E-state index in [1.807, 2.05) is 66.4 Å². The minimum Gasteiger partial charge on any atom is -0.329 e. The first-order chi connectivity index (χ1) is 14.2. The minimum atomic E-state index is -0.787. The van der Waals surface area contributed by atoms with Gasteiger partial charge in [0.05, 0.1) is 6.04 Å². The van der Waals surface area contributed by atoms with Gasteiger partial charge in [0, 0.05) is 25.0 Å². The molecule has 2 aliphatic heterocycles. The smallest absolute Gasteiger partial charge is 0.272 e. The molecule has 0 saturated carbocycles. The van der Waals surface area contributed by atoms with Gasteiger partial charge in [0.1, 0.15) is 11.1 Å². The van der Waals surface area contributed by atoms with Crippen LogP contribution in [0.25, 0.3) is 0 Å². The van der Waals surface area contributed by atoms with Gasteiger partial charge in [-0.2, -0.15) is 5.10 Å². The lowest BCUT2D eigenvalue weighted by molar-refractivity contribution is -0.121. The van der Waals surface area contributed by atoms with Crippen molar-refractivity contribution < 1.29 is 9.59 Å². The van der Waals surface area contributed by atoms with Gasteiger partial charge in [0.2, 0.25) is 5.91 Å². The molecule has 2 amide bonds. The maximum atomic E-state index is 13.6. The number of amides is 2. The molecule has 1 N–H and O–H groups in total. The molecule has 1 saturated heterocycles. The number of carbonyl (C=O) groups is 2. The Balaban J connectivity index is 1.67. The summed E-state index contributed by atoms with van der Waals surface area (Å²) in [5.41, 5.74) is 2.54. The Morgan fingerprint density at radius 3 is 2.69 bits per heavy atom. The van der Waals surface area contributed by atoms with Crippen LogP contribution in [-0.4, -0.2) is 33.0 Å². The van der Waals surface area contributed by atoms with E-state index in [1.165, 1.54) is 0 Å². The maximum Gasteiger partial charge on any atom is 0.272 e. The number of anilines is 1. The summed E-state index contributed by atoms with van der Waals surface area (Å²) in [5.74, 6) is -0.126. The van der Waals surface area contributed by atoms with E-state index in [4.69, 9.17) is 0 Å². The first-order valence-corrected chi connectivity index (χ1v) is 9.95. The van der Waals surface area contributed by atoms with Gasteiger partial charge in [0.25, 0.3) is 5.91 Å². The Hall–Kier alpha value is -3.41. The minimum absolute atomic E-state index is 0.0353. The highest BCUT2D eigenvalue weighted by Crippen LogP contribution is 2.54. The molecule has 1 fully saturated rings. The molecule has 5 rings (SSSR count). The van der Waals surface area contributed by atoms with Gasteiger partial charge in [-0.15, -0.1) is 0 Å². The number of nitrogens with one attached hydrogen (secondary N) is 1. The summed E-state index contributed by atoms with van der Waals surface area (Å²) in [5, 5.41) is 7.31. The fourth-order valence-corrected chi connectivity index (χ4v) is 4.92. The van der Waals surface area contributed by atoms with E-state index in [2.05, 4.69) is 10.4 Å². The molecule has 6 heteroatoms. The maximum absolute atomic E-state index is 13.6. The van der Waals surface area contributed by atoms with Crippen LogP contribution in [0, 0.1) is 0 Å². The fourth-order valence-electron chi connectivity index (χ4n) is 4.92. The number of carbonyl (C=O) groups excluding carboxylic acids is 2. The van der Waals surface area contributed by atoms with Crippen LogP contribution in [0.5, 0.6) is 0 Å². The summed E-state index contributed by atoms with van der Waals surface area (Å²) < 4.78 is 1.71. The van der Waals surface area contributed by atoms with Crippen LogP contribution in [0.3, 0.4) is 0 Å². The van der Waals surface area contributed by atoms with Gasteiger partial charge in [-0.1, -0.05) is 48.5 Å². The summed E-state index contributed by atoms with van der Waals surface area (Å²) in [7, 11) is 0. The number of para-hydroxylation sites is 1. The topological polar surface area (TPSA) is 67.2 Å². The highest BCUT2D eigenvalue weighted by atomic mass is 16.2. The predicted octanol–water partition coefficient (Wildman–Crippen LogP) is 3.38. The van der Waals surface area contributed by atoms with Crippen LogP contribution in [0.15, 0.2) is 66.9 Å². The van der Waals surface area contributed by atoms with E-state index in [1.54, 1.807) is 16.9 Å². The Kier molecular flexibility index (Phi) is 4.01. The molecule has 2 aliphatic rings. The van der Waals surface area contributed by atoms with E-state index >= 15 is 0 Å². The molecule has 2 aromatic carbocycles. The van der Waals surface area contributed by atoms with Gasteiger partial charge in [-0.05, 0) is 36.6 Å². The number of nitrogens with zero attached hydrogens (tertiary/aromatic N) is 3. The lowest BCUT2D eigenvalue weighted by Crippen LogP contribution is -2.43. The van der Waals surface area contributed by atoms with Crippen molar-refractivity contribution in [3.63, 3.8) is 0 Å². The zero-order chi connectivity index (χ0) is 20.0. The molecule has 0 bridgehead atoms. The van der Waals surface area contributed by atoms with Crippen molar-refractivity contribution in [3.8, 4) is 0 Å². The number of fused-ring (bicyclic) bond motifs is 2. The summed E-state index contributed by atoms with van der Waals surface area (Å²) in [6.07, 6.45) is 2.24. The van der Waals surface area contributed by atoms with Crippen molar-refractivity contribution in [2.75, 3.05) is 11.9 Å². The van der Waals surface area contributed by atoms with Gasteiger partial charge >= 0.3 is 0 Å². The van der Waals surface area contributed by atoms with Crippen LogP contribution in [0.1, 0.15) is 41.0 Å². The number of aromatic nitrogens is 2. The zero-order valence-electron chi connectivity index (χ0n) is 16.2. The van der Waals surface area contributed by atoms with Gasteiger partial charge in [-0.25, -0.2) is 0 Å². The zero-order valence-corrected chi connectivity index (χ0v) is 16.2. The molecule has 2 atom stereocenters. The third-order valence-electron chi connectivity index (χ3n) is 6.20. The van der Waals surface area contributed by atoms with Crippen LogP contribution in [0.4, 0.5) is 5.69 Å². The molecular weight excluding hydrogens is 364 g/mol. The lowest BCUT2D eigenvalue weighted by atomic mass is 9.72. The highest BCUT2D eigenvalue weighted by molar-refractivity contribution is 6.08. The van der Waals surface area contributed by atoms with E-state index in [0.717, 1.165) is 16.8 Å². The average molecular weight is 386 g/mol. The standard InChI is InChI=1S/C23H22N4O2/c1-2-27-19(12-14-24-27)21(28)26-15-13-23(20(26)16-8-4-3-5-9-16)17-10-6-7-11-18(17)25-22(23)29/h3-12,14,20H,2,13,15H2,1H3,(H,25,29)/t20-,23+/m0/s1. The van der Waals surface area contributed by atoms with E-state index in [9.17, 15) is 9.59 Å². The number of likely N-dealkylation sites (tertiary alicyclic amines) is 1. The van der Waals surface area contributed by atoms with Crippen LogP contribution < -0.4 is 5.32 Å². The number of rotatable bonds is 3. The molecule has 1 aromatic heterocycles. The molecule has 29 heavy (non-hydrogen) atoms. The predicted molar refractivity (Wildman–Crippen MR) is 109 cm³/mol. The monoisotopic (exact) mass is 386 g/mol. The Morgan fingerprint density at radius 2 is 1.90 bits per heavy atom. The molecule has 3 aromatic rings. The number of benzene rings is 2. The largest absolute Gasteiger partial charge is 0.329 e. The molecular formula is C23H22N4O2. The lowest BCUT2D eigenvalue weighted by Gasteiger charge is -2.34. The van der Waals surface area contributed by atoms with Crippen molar-refractivity contribution in [2.45, 2.75) is 31.3 Å². The summed E-state index contributed by atoms with van der Waals surface area (Å²) in [4.78, 5) is 28.8. The second-order valence-corrected chi connectivity index (χ2v) is 7.57. The van der Waals surface area contributed by atoms with Crippen molar-refractivity contribution in [2.24, 2.45) is 0 Å². The Bertz CT molecular complexity index is 1090. The van der Waals surface area contributed by atoms with E-state index < -0.39 is 5.41 Å². The molecule has 0 aliphatic carbocycles. The second kappa shape index (κ2) is 6.58. The quantitative estimate of drug-likeness (QED) is 0.750. The van der Waals surface area contributed by atoms with Gasteiger partial charge < -0.3 is 10.2 Å². The van der Waals surface area contributed by atoms with Crippen molar-refractivity contribution in [1.29, 1.82) is 0 Å². The number of aryl methyl sites for hydroxylation is 1. The molecule has 146 valence electrons. The van der Waals surface area contributed by atoms with Crippen molar-refractivity contribution in [1.82, 2.24) is 14.7 Å². The van der Waals surface area contributed by atoms with E-state index in [0.29, 0.717) is 25.2 Å². The van der Waals surface area contributed by atoms with E-state index in [-0.39, 0.29) is 17.9 Å². The fraction of sp³-hybridized carbons (Fsp3) is 0.261. The normalized spacial score (nSPS) is 22.7. The molecule has 3 heterocycles. The van der Waals surface area contributed by atoms with Crippen LogP contribution >= 0.6 is 0 Å². The third kappa shape index (κ3) is 2.45. The average Bonchev–Trinajstić information content (AvgIpc) is 3.46. The first kappa shape index (κ1) is 17.7. The molecule has 6 nitrogen and oxygen atoms in total. The first-order valence-electron chi connectivity index (χ1n) is 9.95. The van der Waals surface area contributed by atoms with Crippen molar-refractivity contribution >= 4 is 17.5 Å². The summed E-state index contributed by atoms with van der Waals surface area (Å²) in [6.45, 7) is 3.09. The second-order valence-electron chi connectivity index (χ2n) is 7.57. The molecule has 0 radical (unpaired) electrons. The number of hydrogen-bond acceptors (Lipinski definition) is 3. The molecule has 1 spiro atoms. The van der Waals surface area contributed by atoms with Gasteiger partial charge in [-0.3, -0.25) is 14.3 Å². The van der Waals surface area contributed by atoms with Crippen LogP contribution in [0.2, 0.25) is 0 Å². The SMILES string of the molecule is CCn1nccc1C(=O)N1CC[C@]2(C(=O)Nc3ccccc32)[C@@H]1c1ccccc1. The summed E-state index contributed by atoms with van der Waals surface area (Å²) >= 11 is 0. The molecule has 0 unspecified atom stereocenters. The van der Waals surface area contributed by atoms with Gasteiger partial charge in [0.15, 0.2) is 0 Å². The summed E-state index contributed by atoms with van der Waals surface area (Å²) in [6, 6.07) is 19.1. The highest BCUT2D eigenvalue weighted by Gasteiger charge is 2.59. The number of hydrogen-bond donors (Lipinski definition) is 1. The van der Waals surface area contributed by atoms with Crippen LogP contribution in [-0.2, 0) is 16.8 Å². The third-order valence-corrected chi connectivity index (χ3v) is 6.20.